The van der Waals surface area contributed by atoms with Crippen molar-refractivity contribution in [3.05, 3.63) is 33.8 Å². The van der Waals surface area contributed by atoms with Crippen LogP contribution in [0.25, 0.3) is 0 Å². The smallest absolute Gasteiger partial charge is 0.255 e. The molecule has 1 heterocycles. The molecule has 1 saturated heterocycles. The Hall–Kier alpha value is -1.26. The summed E-state index contributed by atoms with van der Waals surface area (Å²) in [5.74, 6) is 0.0445. The summed E-state index contributed by atoms with van der Waals surface area (Å²) < 4.78 is 0. The van der Waals surface area contributed by atoms with Gasteiger partial charge in [0.2, 0.25) is 5.91 Å². The zero-order chi connectivity index (χ0) is 17.9. The van der Waals surface area contributed by atoms with Gasteiger partial charge in [-0.3, -0.25) is 9.59 Å². The number of amides is 2. The molecule has 24 heavy (non-hydrogen) atoms. The van der Waals surface area contributed by atoms with Gasteiger partial charge in [0.05, 0.1) is 10.6 Å². The van der Waals surface area contributed by atoms with Crippen molar-refractivity contribution in [1.29, 1.82) is 0 Å². The van der Waals surface area contributed by atoms with Gasteiger partial charge in [0.15, 0.2) is 0 Å². The Morgan fingerprint density at radius 3 is 2.29 bits per heavy atom. The average Bonchev–Trinajstić information content (AvgIpc) is 2.70. The van der Waals surface area contributed by atoms with Gasteiger partial charge in [-0.05, 0) is 30.0 Å². The van der Waals surface area contributed by atoms with E-state index >= 15 is 0 Å². The highest BCUT2D eigenvalue weighted by molar-refractivity contribution is 6.36. The van der Waals surface area contributed by atoms with E-state index in [9.17, 15) is 9.59 Å². The van der Waals surface area contributed by atoms with E-state index in [1.165, 1.54) is 0 Å². The van der Waals surface area contributed by atoms with Gasteiger partial charge in [-0.2, -0.15) is 0 Å². The van der Waals surface area contributed by atoms with E-state index < -0.39 is 0 Å². The summed E-state index contributed by atoms with van der Waals surface area (Å²) in [6, 6.07) is 4.89. The minimum atomic E-state index is -0.109. The molecule has 1 aromatic carbocycles. The Kier molecular flexibility index (Phi) is 6.16. The standard InChI is InChI=1S/C18H24Cl2N2O2/c1-18(2,3)12-16(23)21-7-4-8-22(10-9-21)17(24)14-6-5-13(19)11-15(14)20/h5-6,11H,4,7-10,12H2,1-3H3. The van der Waals surface area contributed by atoms with Crippen LogP contribution < -0.4 is 0 Å². The van der Waals surface area contributed by atoms with Crippen LogP contribution in [0.2, 0.25) is 10.0 Å². The van der Waals surface area contributed by atoms with Crippen LogP contribution in [0.1, 0.15) is 44.0 Å². The molecule has 0 atom stereocenters. The quantitative estimate of drug-likeness (QED) is 0.785. The molecule has 132 valence electrons. The fourth-order valence-electron chi connectivity index (χ4n) is 2.77. The summed E-state index contributed by atoms with van der Waals surface area (Å²) in [7, 11) is 0. The minimum Gasteiger partial charge on any atom is -0.341 e. The summed E-state index contributed by atoms with van der Waals surface area (Å²) >= 11 is 12.0. The molecule has 0 unspecified atom stereocenters. The second-order valence-corrected chi connectivity index (χ2v) is 8.23. The molecule has 1 aliphatic heterocycles. The maximum Gasteiger partial charge on any atom is 0.255 e. The number of nitrogens with zero attached hydrogens (tertiary/aromatic N) is 2. The third kappa shape index (κ3) is 5.12. The lowest BCUT2D eigenvalue weighted by Crippen LogP contribution is -2.38. The van der Waals surface area contributed by atoms with Crippen molar-refractivity contribution in [3.8, 4) is 0 Å². The zero-order valence-corrected chi connectivity index (χ0v) is 16.0. The molecular formula is C18H24Cl2N2O2. The van der Waals surface area contributed by atoms with E-state index in [0.29, 0.717) is 48.2 Å². The van der Waals surface area contributed by atoms with Crippen molar-refractivity contribution in [3.63, 3.8) is 0 Å². The van der Waals surface area contributed by atoms with Crippen LogP contribution in [0, 0.1) is 5.41 Å². The third-order valence-electron chi connectivity index (χ3n) is 3.98. The number of carbonyl (C=O) groups excluding carboxylic acids is 2. The molecule has 1 aliphatic rings. The molecule has 0 bridgehead atoms. The summed E-state index contributed by atoms with van der Waals surface area (Å²) in [6.07, 6.45) is 1.29. The van der Waals surface area contributed by atoms with Crippen molar-refractivity contribution >= 4 is 35.0 Å². The van der Waals surface area contributed by atoms with E-state index in [-0.39, 0.29) is 17.2 Å². The van der Waals surface area contributed by atoms with E-state index in [0.717, 1.165) is 6.42 Å². The van der Waals surface area contributed by atoms with Crippen LogP contribution in [-0.2, 0) is 4.79 Å². The second-order valence-electron chi connectivity index (χ2n) is 7.39. The highest BCUT2D eigenvalue weighted by atomic mass is 35.5. The monoisotopic (exact) mass is 370 g/mol. The molecule has 0 N–H and O–H groups in total. The maximum absolute atomic E-state index is 12.7. The molecular weight excluding hydrogens is 347 g/mol. The Morgan fingerprint density at radius 2 is 1.67 bits per heavy atom. The van der Waals surface area contributed by atoms with Gasteiger partial charge >= 0.3 is 0 Å². The molecule has 0 saturated carbocycles. The molecule has 0 aromatic heterocycles. The van der Waals surface area contributed by atoms with Crippen LogP contribution in [0.3, 0.4) is 0 Å². The lowest BCUT2D eigenvalue weighted by atomic mass is 9.91. The number of carbonyl (C=O) groups is 2. The van der Waals surface area contributed by atoms with Crippen LogP contribution in [0.5, 0.6) is 0 Å². The van der Waals surface area contributed by atoms with Crippen molar-refractivity contribution in [2.24, 2.45) is 5.41 Å². The molecule has 1 aromatic rings. The van der Waals surface area contributed by atoms with Crippen LogP contribution in [-0.4, -0.2) is 47.8 Å². The van der Waals surface area contributed by atoms with Crippen LogP contribution in [0.15, 0.2) is 18.2 Å². The number of hydrogen-bond donors (Lipinski definition) is 0. The van der Waals surface area contributed by atoms with Gasteiger partial charge in [0.1, 0.15) is 0 Å². The second kappa shape index (κ2) is 7.75. The number of hydrogen-bond acceptors (Lipinski definition) is 2. The van der Waals surface area contributed by atoms with Gasteiger partial charge in [0.25, 0.3) is 5.91 Å². The minimum absolute atomic E-state index is 0.0320. The number of benzene rings is 1. The highest BCUT2D eigenvalue weighted by Gasteiger charge is 2.26. The number of halogens is 2. The van der Waals surface area contributed by atoms with E-state index in [1.807, 2.05) is 4.90 Å². The first kappa shape index (κ1) is 19.1. The Labute approximate surface area is 153 Å². The van der Waals surface area contributed by atoms with E-state index in [1.54, 1.807) is 23.1 Å². The Bertz CT molecular complexity index is 626. The molecule has 6 heteroatoms. The normalized spacial score (nSPS) is 16.0. The fourth-order valence-corrected chi connectivity index (χ4v) is 3.26. The molecule has 0 aliphatic carbocycles. The summed E-state index contributed by atoms with van der Waals surface area (Å²) in [5.41, 5.74) is 0.422. The van der Waals surface area contributed by atoms with E-state index in [4.69, 9.17) is 23.2 Å². The predicted octanol–water partition coefficient (Wildman–Crippen LogP) is 4.10. The SMILES string of the molecule is CC(C)(C)CC(=O)N1CCCN(C(=O)c2ccc(Cl)cc2Cl)CC1. The average molecular weight is 371 g/mol. The first-order valence-corrected chi connectivity index (χ1v) is 8.95. The van der Waals surface area contributed by atoms with Crippen molar-refractivity contribution in [1.82, 2.24) is 9.80 Å². The third-order valence-corrected chi connectivity index (χ3v) is 4.53. The lowest BCUT2D eigenvalue weighted by Gasteiger charge is -2.26. The van der Waals surface area contributed by atoms with Crippen molar-refractivity contribution in [2.75, 3.05) is 26.2 Å². The first-order valence-electron chi connectivity index (χ1n) is 8.19. The fraction of sp³-hybridized carbons (Fsp3) is 0.556. The van der Waals surface area contributed by atoms with Gasteiger partial charge in [0, 0.05) is 37.6 Å². The molecule has 0 spiro atoms. The van der Waals surface area contributed by atoms with Crippen LogP contribution >= 0.6 is 23.2 Å². The predicted molar refractivity (Wildman–Crippen MR) is 97.6 cm³/mol. The highest BCUT2D eigenvalue weighted by Crippen LogP contribution is 2.24. The Morgan fingerprint density at radius 1 is 1.04 bits per heavy atom. The molecule has 1 fully saturated rings. The zero-order valence-electron chi connectivity index (χ0n) is 14.4. The summed E-state index contributed by atoms with van der Waals surface area (Å²) in [6.45, 7) is 8.56. The van der Waals surface area contributed by atoms with E-state index in [2.05, 4.69) is 20.8 Å². The van der Waals surface area contributed by atoms with Gasteiger partial charge in [-0.15, -0.1) is 0 Å². The van der Waals surface area contributed by atoms with Crippen LogP contribution in [0.4, 0.5) is 0 Å². The topological polar surface area (TPSA) is 40.6 Å². The van der Waals surface area contributed by atoms with Gasteiger partial charge in [-0.1, -0.05) is 44.0 Å². The molecule has 2 amide bonds. The molecule has 2 rings (SSSR count). The largest absolute Gasteiger partial charge is 0.341 e. The van der Waals surface area contributed by atoms with Crippen molar-refractivity contribution < 1.29 is 9.59 Å². The molecule has 0 radical (unpaired) electrons. The molecule has 4 nitrogen and oxygen atoms in total. The maximum atomic E-state index is 12.7. The lowest BCUT2D eigenvalue weighted by molar-refractivity contribution is -0.132. The Balaban J connectivity index is 2.02. The first-order chi connectivity index (χ1) is 11.2. The van der Waals surface area contributed by atoms with Crippen molar-refractivity contribution in [2.45, 2.75) is 33.6 Å². The van der Waals surface area contributed by atoms with Gasteiger partial charge in [-0.25, -0.2) is 0 Å². The number of rotatable bonds is 2. The summed E-state index contributed by atoms with van der Waals surface area (Å²) in [5, 5.41) is 0.865. The summed E-state index contributed by atoms with van der Waals surface area (Å²) in [4.78, 5) is 28.7. The van der Waals surface area contributed by atoms with Gasteiger partial charge < -0.3 is 9.80 Å².